The van der Waals surface area contributed by atoms with Crippen molar-refractivity contribution in [1.82, 2.24) is 0 Å². The van der Waals surface area contributed by atoms with Gasteiger partial charge >= 0.3 is 0 Å². The number of benzene rings is 2. The molecule has 0 spiro atoms. The zero-order valence-electron chi connectivity index (χ0n) is 15.4. The van der Waals surface area contributed by atoms with E-state index in [0.29, 0.717) is 16.7 Å². The summed E-state index contributed by atoms with van der Waals surface area (Å²) in [7, 11) is 0. The molecule has 0 atom stereocenters. The van der Waals surface area contributed by atoms with Gasteiger partial charge in [-0.25, -0.2) is 0 Å². The first-order valence-electron chi connectivity index (χ1n) is 8.24. The van der Waals surface area contributed by atoms with Crippen LogP contribution in [0.4, 0.5) is 0 Å². The van der Waals surface area contributed by atoms with E-state index >= 15 is 0 Å². The van der Waals surface area contributed by atoms with Gasteiger partial charge in [0.05, 0.1) is 16.8 Å². The summed E-state index contributed by atoms with van der Waals surface area (Å²) in [5.41, 5.74) is 0.119. The molecule has 0 unspecified atom stereocenters. The lowest BCUT2D eigenvalue weighted by molar-refractivity contribution is 0.0387. The Morgan fingerprint density at radius 1 is 0.583 bits per heavy atom. The second-order valence-electron chi connectivity index (χ2n) is 7.95. The minimum absolute atomic E-state index is 0.573. The quantitative estimate of drug-likeness (QED) is 0.794. The molecule has 0 saturated carbocycles. The minimum Gasteiger partial charge on any atom is -0.386 e. The minimum atomic E-state index is -1.21. The molecule has 3 nitrogen and oxygen atoms in total. The number of hydrogen-bond donors (Lipinski definition) is 3. The van der Waals surface area contributed by atoms with Crippen molar-refractivity contribution in [2.24, 2.45) is 0 Å². The van der Waals surface area contributed by atoms with Crippen LogP contribution in [-0.2, 0) is 16.8 Å². The van der Waals surface area contributed by atoms with Gasteiger partial charge in [-0.3, -0.25) is 0 Å². The normalized spacial score (nSPS) is 13.2. The van der Waals surface area contributed by atoms with E-state index < -0.39 is 16.8 Å². The SMILES string of the molecule is CC(C)(O)c1ccc(-c2ccccc2)c(C(C)(C)O)c1C(C)(C)O. The first kappa shape index (κ1) is 18.7. The Morgan fingerprint density at radius 2 is 1.08 bits per heavy atom. The standard InChI is InChI=1S/C21H28O3/c1-19(2,22)16-13-12-15(14-10-8-7-9-11-14)17(20(3,4)23)18(16)21(5,6)24/h7-13,22-24H,1-6H3. The third kappa shape index (κ3) is 3.69. The Bertz CT molecular complexity index is 712. The molecule has 0 aliphatic carbocycles. The van der Waals surface area contributed by atoms with Crippen molar-refractivity contribution in [3.8, 4) is 11.1 Å². The molecule has 0 aliphatic heterocycles. The van der Waals surface area contributed by atoms with E-state index in [-0.39, 0.29) is 0 Å². The Labute approximate surface area is 144 Å². The average molecular weight is 328 g/mol. The lowest BCUT2D eigenvalue weighted by atomic mass is 9.75. The fourth-order valence-electron chi connectivity index (χ4n) is 3.24. The fraction of sp³-hybridized carbons (Fsp3) is 0.429. The highest BCUT2D eigenvalue weighted by Gasteiger charge is 2.36. The third-order valence-corrected chi connectivity index (χ3v) is 4.17. The van der Waals surface area contributed by atoms with E-state index in [4.69, 9.17) is 0 Å². The zero-order chi connectivity index (χ0) is 18.3. The van der Waals surface area contributed by atoms with Crippen LogP contribution in [0.25, 0.3) is 11.1 Å². The van der Waals surface area contributed by atoms with E-state index in [1.54, 1.807) is 41.5 Å². The van der Waals surface area contributed by atoms with Crippen molar-refractivity contribution in [1.29, 1.82) is 0 Å². The van der Waals surface area contributed by atoms with Crippen LogP contribution in [0.2, 0.25) is 0 Å². The first-order valence-corrected chi connectivity index (χ1v) is 8.24. The van der Waals surface area contributed by atoms with Gasteiger partial charge in [0.25, 0.3) is 0 Å². The summed E-state index contributed by atoms with van der Waals surface area (Å²) in [6.45, 7) is 10.2. The molecular weight excluding hydrogens is 300 g/mol. The number of hydrogen-bond acceptors (Lipinski definition) is 3. The number of rotatable bonds is 4. The van der Waals surface area contributed by atoms with Crippen molar-refractivity contribution in [2.75, 3.05) is 0 Å². The molecule has 3 N–H and O–H groups in total. The van der Waals surface area contributed by atoms with Crippen LogP contribution in [-0.4, -0.2) is 15.3 Å². The highest BCUT2D eigenvalue weighted by atomic mass is 16.3. The van der Waals surface area contributed by atoms with Crippen LogP contribution in [0.15, 0.2) is 42.5 Å². The Kier molecular flexibility index (Phi) is 4.66. The van der Waals surface area contributed by atoms with Gasteiger partial charge in [-0.1, -0.05) is 42.5 Å². The number of aliphatic hydroxyl groups is 3. The molecule has 0 bridgehead atoms. The first-order chi connectivity index (χ1) is 10.8. The van der Waals surface area contributed by atoms with Crippen LogP contribution in [0.5, 0.6) is 0 Å². The smallest absolute Gasteiger partial charge is 0.0850 e. The van der Waals surface area contributed by atoms with Crippen LogP contribution in [0.3, 0.4) is 0 Å². The van der Waals surface area contributed by atoms with Gasteiger partial charge in [0.15, 0.2) is 0 Å². The highest BCUT2D eigenvalue weighted by Crippen LogP contribution is 2.43. The lowest BCUT2D eigenvalue weighted by Gasteiger charge is -2.36. The Hall–Kier alpha value is -1.68. The molecule has 2 aromatic carbocycles. The van der Waals surface area contributed by atoms with Gasteiger partial charge in [-0.15, -0.1) is 0 Å². The molecule has 3 heteroatoms. The molecule has 0 heterocycles. The predicted molar refractivity (Wildman–Crippen MR) is 97.6 cm³/mol. The zero-order valence-corrected chi connectivity index (χ0v) is 15.4. The van der Waals surface area contributed by atoms with E-state index in [1.807, 2.05) is 42.5 Å². The molecular formula is C21H28O3. The average Bonchev–Trinajstić information content (AvgIpc) is 2.44. The van der Waals surface area contributed by atoms with E-state index in [1.165, 1.54) is 0 Å². The van der Waals surface area contributed by atoms with E-state index in [2.05, 4.69) is 0 Å². The van der Waals surface area contributed by atoms with Gasteiger partial charge in [0.1, 0.15) is 0 Å². The summed E-state index contributed by atoms with van der Waals surface area (Å²) in [4.78, 5) is 0. The molecule has 0 radical (unpaired) electrons. The van der Waals surface area contributed by atoms with Gasteiger partial charge in [0, 0.05) is 0 Å². The fourth-order valence-corrected chi connectivity index (χ4v) is 3.24. The third-order valence-electron chi connectivity index (χ3n) is 4.17. The van der Waals surface area contributed by atoms with Gasteiger partial charge in [0.2, 0.25) is 0 Å². The molecule has 0 fully saturated rings. The molecule has 0 amide bonds. The lowest BCUT2D eigenvalue weighted by Crippen LogP contribution is -2.32. The maximum Gasteiger partial charge on any atom is 0.0850 e. The summed E-state index contributed by atoms with van der Waals surface area (Å²) < 4.78 is 0. The molecule has 2 rings (SSSR count). The van der Waals surface area contributed by atoms with Crippen molar-refractivity contribution in [3.63, 3.8) is 0 Å². The molecule has 0 aromatic heterocycles. The largest absolute Gasteiger partial charge is 0.386 e. The maximum atomic E-state index is 10.9. The molecule has 2 aromatic rings. The molecule has 0 aliphatic rings. The predicted octanol–water partition coefficient (Wildman–Crippen LogP) is 4.04. The van der Waals surface area contributed by atoms with Crippen LogP contribution in [0, 0.1) is 0 Å². The highest BCUT2D eigenvalue weighted by molar-refractivity contribution is 5.72. The molecule has 24 heavy (non-hydrogen) atoms. The summed E-state index contributed by atoms with van der Waals surface area (Å²) in [5.74, 6) is 0. The second-order valence-corrected chi connectivity index (χ2v) is 7.95. The maximum absolute atomic E-state index is 10.9. The Balaban J connectivity index is 2.96. The van der Waals surface area contributed by atoms with Gasteiger partial charge in [-0.05, 0) is 69.4 Å². The summed E-state index contributed by atoms with van der Waals surface area (Å²) in [6.07, 6.45) is 0. The van der Waals surface area contributed by atoms with Crippen molar-refractivity contribution in [3.05, 3.63) is 59.2 Å². The summed E-state index contributed by atoms with van der Waals surface area (Å²) >= 11 is 0. The van der Waals surface area contributed by atoms with Gasteiger partial charge < -0.3 is 15.3 Å². The van der Waals surface area contributed by atoms with Crippen LogP contribution in [0.1, 0.15) is 58.2 Å². The van der Waals surface area contributed by atoms with Crippen molar-refractivity contribution >= 4 is 0 Å². The summed E-state index contributed by atoms with van der Waals surface area (Å²) in [5, 5.41) is 32.3. The monoisotopic (exact) mass is 328 g/mol. The Morgan fingerprint density at radius 3 is 1.50 bits per heavy atom. The van der Waals surface area contributed by atoms with Crippen LogP contribution >= 0.6 is 0 Å². The van der Waals surface area contributed by atoms with E-state index in [0.717, 1.165) is 11.1 Å². The van der Waals surface area contributed by atoms with Crippen molar-refractivity contribution in [2.45, 2.75) is 58.3 Å². The summed E-state index contributed by atoms with van der Waals surface area (Å²) in [6, 6.07) is 13.5. The van der Waals surface area contributed by atoms with E-state index in [9.17, 15) is 15.3 Å². The topological polar surface area (TPSA) is 60.7 Å². The van der Waals surface area contributed by atoms with Crippen molar-refractivity contribution < 1.29 is 15.3 Å². The van der Waals surface area contributed by atoms with Crippen LogP contribution < -0.4 is 0 Å². The second kappa shape index (κ2) is 5.99. The molecule has 130 valence electrons. The molecule has 0 saturated heterocycles. The van der Waals surface area contributed by atoms with Gasteiger partial charge in [-0.2, -0.15) is 0 Å².